The van der Waals surface area contributed by atoms with E-state index >= 15 is 0 Å². The molecule has 0 unspecified atom stereocenters. The minimum atomic E-state index is 0.416. The first-order valence-electron chi connectivity index (χ1n) is 8.12. The van der Waals surface area contributed by atoms with E-state index in [1.165, 1.54) is 0 Å². The molecule has 0 spiro atoms. The normalized spacial score (nSPS) is 10.7. The Morgan fingerprint density at radius 2 is 1.96 bits per heavy atom. The molecule has 0 aliphatic rings. The highest BCUT2D eigenvalue weighted by Crippen LogP contribution is 2.34. The second kappa shape index (κ2) is 9.12. The van der Waals surface area contributed by atoms with Crippen molar-refractivity contribution in [3.05, 3.63) is 81.2 Å². The summed E-state index contributed by atoms with van der Waals surface area (Å²) in [5.41, 5.74) is 2.07. The van der Waals surface area contributed by atoms with Crippen LogP contribution in [-0.4, -0.2) is 7.11 Å². The van der Waals surface area contributed by atoms with Gasteiger partial charge in [0.25, 0.3) is 0 Å². The van der Waals surface area contributed by atoms with Crippen LogP contribution in [0.25, 0.3) is 0 Å². The predicted octanol–water partition coefficient (Wildman–Crippen LogP) is 5.57. The molecule has 0 aliphatic carbocycles. The highest BCUT2D eigenvalue weighted by molar-refractivity contribution is 9.10. The Hall–Kier alpha value is -1.95. The van der Waals surface area contributed by atoms with Crippen molar-refractivity contribution in [1.29, 1.82) is 0 Å². The maximum Gasteiger partial charge on any atom is 0.162 e. The van der Waals surface area contributed by atoms with Gasteiger partial charge in [-0.15, -0.1) is 0 Å². The molecule has 0 saturated carbocycles. The molecule has 1 aromatic heterocycles. The lowest BCUT2D eigenvalue weighted by Crippen LogP contribution is -2.12. The van der Waals surface area contributed by atoms with Gasteiger partial charge in [0.05, 0.1) is 19.9 Å². The smallest absolute Gasteiger partial charge is 0.162 e. The molecule has 136 valence electrons. The molecule has 0 fully saturated rings. The number of hydrogen-bond donors (Lipinski definition) is 1. The number of rotatable bonds is 8. The molecular formula is C20H19BrClNO3. The van der Waals surface area contributed by atoms with Crippen LogP contribution in [0.3, 0.4) is 0 Å². The van der Waals surface area contributed by atoms with E-state index in [0.29, 0.717) is 36.2 Å². The summed E-state index contributed by atoms with van der Waals surface area (Å²) in [4.78, 5) is 0. The van der Waals surface area contributed by atoms with Crippen LogP contribution in [0.5, 0.6) is 11.5 Å². The molecular weight excluding hydrogens is 418 g/mol. The van der Waals surface area contributed by atoms with Crippen LogP contribution in [0.15, 0.2) is 63.7 Å². The first kappa shape index (κ1) is 18.8. The largest absolute Gasteiger partial charge is 0.493 e. The van der Waals surface area contributed by atoms with E-state index < -0.39 is 0 Å². The first-order chi connectivity index (χ1) is 12.7. The van der Waals surface area contributed by atoms with Crippen molar-refractivity contribution >= 4 is 27.5 Å². The van der Waals surface area contributed by atoms with Crippen molar-refractivity contribution in [1.82, 2.24) is 5.32 Å². The highest BCUT2D eigenvalue weighted by Gasteiger charge is 2.11. The van der Waals surface area contributed by atoms with Crippen LogP contribution in [0.2, 0.25) is 5.02 Å². The fourth-order valence-electron chi connectivity index (χ4n) is 2.51. The Kier molecular flexibility index (Phi) is 6.61. The fraction of sp³-hybridized carbons (Fsp3) is 0.200. The number of furan rings is 1. The maximum absolute atomic E-state index is 6.02. The van der Waals surface area contributed by atoms with Gasteiger partial charge in [-0.25, -0.2) is 0 Å². The van der Waals surface area contributed by atoms with Gasteiger partial charge in [0.1, 0.15) is 12.4 Å². The quantitative estimate of drug-likeness (QED) is 0.501. The van der Waals surface area contributed by atoms with Crippen molar-refractivity contribution in [3.8, 4) is 11.5 Å². The minimum absolute atomic E-state index is 0.416. The number of nitrogens with one attached hydrogen (secondary N) is 1. The third kappa shape index (κ3) is 5.04. The van der Waals surface area contributed by atoms with Crippen molar-refractivity contribution in [2.24, 2.45) is 0 Å². The standard InChI is InChI=1S/C20H19BrClNO3/c1-24-19-9-15(11-23-12-17-6-3-7-25-17)18(21)10-20(19)26-13-14-4-2-5-16(22)8-14/h2-10,23H,11-13H2,1H3. The molecule has 0 amide bonds. The third-order valence-electron chi connectivity index (χ3n) is 3.81. The number of benzene rings is 2. The van der Waals surface area contributed by atoms with Crippen molar-refractivity contribution in [2.75, 3.05) is 7.11 Å². The zero-order valence-electron chi connectivity index (χ0n) is 14.3. The Balaban J connectivity index is 1.66. The van der Waals surface area contributed by atoms with Gasteiger partial charge < -0.3 is 19.2 Å². The Morgan fingerprint density at radius 3 is 2.69 bits per heavy atom. The van der Waals surface area contributed by atoms with E-state index in [0.717, 1.165) is 21.4 Å². The highest BCUT2D eigenvalue weighted by atomic mass is 79.9. The maximum atomic E-state index is 6.02. The van der Waals surface area contributed by atoms with Crippen LogP contribution in [0.4, 0.5) is 0 Å². The average Bonchev–Trinajstić information content (AvgIpc) is 3.15. The summed E-state index contributed by atoms with van der Waals surface area (Å²) < 4.78 is 17.7. The SMILES string of the molecule is COc1cc(CNCc2ccco2)c(Br)cc1OCc1cccc(Cl)c1. The number of halogens is 2. The summed E-state index contributed by atoms with van der Waals surface area (Å²) in [6.45, 7) is 1.75. The second-order valence-electron chi connectivity index (χ2n) is 5.70. The van der Waals surface area contributed by atoms with Crippen molar-refractivity contribution < 1.29 is 13.9 Å². The van der Waals surface area contributed by atoms with Gasteiger partial charge in [-0.05, 0) is 47.5 Å². The van der Waals surface area contributed by atoms with E-state index in [2.05, 4.69) is 21.2 Å². The van der Waals surface area contributed by atoms with E-state index in [1.54, 1.807) is 13.4 Å². The van der Waals surface area contributed by atoms with Gasteiger partial charge >= 0.3 is 0 Å². The van der Waals surface area contributed by atoms with E-state index in [-0.39, 0.29) is 0 Å². The van der Waals surface area contributed by atoms with Crippen LogP contribution in [0.1, 0.15) is 16.9 Å². The first-order valence-corrected chi connectivity index (χ1v) is 9.29. The van der Waals surface area contributed by atoms with Gasteiger partial charge in [-0.2, -0.15) is 0 Å². The van der Waals surface area contributed by atoms with Crippen LogP contribution in [0, 0.1) is 0 Å². The lowest BCUT2D eigenvalue weighted by molar-refractivity contribution is 0.284. The summed E-state index contributed by atoms with van der Waals surface area (Å²) in [7, 11) is 1.63. The molecule has 3 rings (SSSR count). The molecule has 3 aromatic rings. The predicted molar refractivity (Wildman–Crippen MR) is 106 cm³/mol. The van der Waals surface area contributed by atoms with Gasteiger partial charge in [0.2, 0.25) is 0 Å². The summed E-state index contributed by atoms with van der Waals surface area (Å²) >= 11 is 9.62. The molecule has 26 heavy (non-hydrogen) atoms. The third-order valence-corrected chi connectivity index (χ3v) is 4.78. The molecule has 1 heterocycles. The Labute approximate surface area is 166 Å². The van der Waals surface area contributed by atoms with Crippen LogP contribution in [-0.2, 0) is 19.7 Å². The van der Waals surface area contributed by atoms with Gasteiger partial charge in [0.15, 0.2) is 11.5 Å². The average molecular weight is 437 g/mol. The van der Waals surface area contributed by atoms with Crippen molar-refractivity contribution in [3.63, 3.8) is 0 Å². The molecule has 0 radical (unpaired) electrons. The molecule has 0 atom stereocenters. The summed E-state index contributed by atoms with van der Waals surface area (Å²) in [5, 5.41) is 4.04. The number of methoxy groups -OCH3 is 1. The zero-order valence-corrected chi connectivity index (χ0v) is 16.6. The molecule has 0 bridgehead atoms. The number of hydrogen-bond acceptors (Lipinski definition) is 4. The molecule has 0 saturated heterocycles. The monoisotopic (exact) mass is 435 g/mol. The topological polar surface area (TPSA) is 43.6 Å². The van der Waals surface area contributed by atoms with E-state index in [9.17, 15) is 0 Å². The molecule has 2 aromatic carbocycles. The zero-order chi connectivity index (χ0) is 18.4. The van der Waals surface area contributed by atoms with Crippen LogP contribution < -0.4 is 14.8 Å². The van der Waals surface area contributed by atoms with Crippen LogP contribution >= 0.6 is 27.5 Å². The summed E-state index contributed by atoms with van der Waals surface area (Å²) in [6, 6.07) is 15.3. The van der Waals surface area contributed by atoms with Gasteiger partial charge in [0, 0.05) is 16.0 Å². The lowest BCUT2D eigenvalue weighted by Gasteiger charge is -2.14. The fourth-order valence-corrected chi connectivity index (χ4v) is 3.18. The Bertz CT molecular complexity index is 852. The van der Waals surface area contributed by atoms with Gasteiger partial charge in [-0.1, -0.05) is 39.7 Å². The van der Waals surface area contributed by atoms with E-state index in [4.69, 9.17) is 25.5 Å². The summed E-state index contributed by atoms with van der Waals surface area (Å²) in [5.74, 6) is 2.26. The Morgan fingerprint density at radius 1 is 1.08 bits per heavy atom. The lowest BCUT2D eigenvalue weighted by atomic mass is 10.2. The second-order valence-corrected chi connectivity index (χ2v) is 6.99. The number of ether oxygens (including phenoxy) is 2. The van der Waals surface area contributed by atoms with Gasteiger partial charge in [-0.3, -0.25) is 0 Å². The molecule has 0 aliphatic heterocycles. The molecule has 4 nitrogen and oxygen atoms in total. The molecule has 1 N–H and O–H groups in total. The van der Waals surface area contributed by atoms with Crippen molar-refractivity contribution in [2.45, 2.75) is 19.7 Å². The minimum Gasteiger partial charge on any atom is -0.493 e. The molecule has 6 heteroatoms. The summed E-state index contributed by atoms with van der Waals surface area (Å²) in [6.07, 6.45) is 1.67. The van der Waals surface area contributed by atoms with E-state index in [1.807, 2.05) is 48.5 Å².